The molecule has 0 aliphatic heterocycles. The highest BCUT2D eigenvalue weighted by molar-refractivity contribution is 5.96. The highest BCUT2D eigenvalue weighted by atomic mass is 19.4. The molecule has 40 heavy (non-hydrogen) atoms. The predicted molar refractivity (Wildman–Crippen MR) is 145 cm³/mol. The van der Waals surface area contributed by atoms with Crippen LogP contribution in [0, 0.1) is 5.82 Å². The number of rotatable bonds is 6. The van der Waals surface area contributed by atoms with E-state index in [1.54, 1.807) is 97.1 Å². The maximum absolute atomic E-state index is 14.6. The molecule has 0 N–H and O–H groups in total. The first kappa shape index (κ1) is 25.3. The lowest BCUT2D eigenvalue weighted by Crippen LogP contribution is -2.08. The van der Waals surface area contributed by atoms with Crippen molar-refractivity contribution in [3.05, 3.63) is 132 Å². The second-order valence-corrected chi connectivity index (χ2v) is 9.12. The first-order valence-corrected chi connectivity index (χ1v) is 12.5. The van der Waals surface area contributed by atoms with Gasteiger partial charge in [0.15, 0.2) is 5.65 Å². The molecule has 0 spiro atoms. The average Bonchev–Trinajstić information content (AvgIpc) is 3.36. The van der Waals surface area contributed by atoms with Gasteiger partial charge in [-0.3, -0.25) is 0 Å². The summed E-state index contributed by atoms with van der Waals surface area (Å²) in [5.74, 6) is 0.0750. The van der Waals surface area contributed by atoms with Gasteiger partial charge in [-0.1, -0.05) is 66.7 Å². The third kappa shape index (κ3) is 4.91. The number of aromatic nitrogens is 3. The summed E-state index contributed by atoms with van der Waals surface area (Å²) in [6, 6.07) is 31.6. The van der Waals surface area contributed by atoms with Gasteiger partial charge in [0.25, 0.3) is 0 Å². The third-order valence-corrected chi connectivity index (χ3v) is 6.49. The van der Waals surface area contributed by atoms with Crippen molar-refractivity contribution in [2.45, 2.75) is 12.8 Å². The quantitative estimate of drug-likeness (QED) is 0.199. The van der Waals surface area contributed by atoms with Crippen molar-refractivity contribution < 1.29 is 22.3 Å². The summed E-state index contributed by atoms with van der Waals surface area (Å²) in [7, 11) is 0. The van der Waals surface area contributed by atoms with E-state index >= 15 is 0 Å². The Hall–Kier alpha value is -4.98. The van der Waals surface area contributed by atoms with Gasteiger partial charge in [0, 0.05) is 16.7 Å². The molecular formula is C32H21F4N3O. The van der Waals surface area contributed by atoms with E-state index in [9.17, 15) is 17.6 Å². The number of pyridine rings is 1. The molecular weight excluding hydrogens is 518 g/mol. The van der Waals surface area contributed by atoms with E-state index in [0.29, 0.717) is 28.1 Å². The van der Waals surface area contributed by atoms with E-state index in [2.05, 4.69) is 10.1 Å². The highest BCUT2D eigenvalue weighted by Crippen LogP contribution is 2.41. The average molecular weight is 540 g/mol. The minimum atomic E-state index is -4.66. The number of benzene rings is 4. The molecule has 0 amide bonds. The van der Waals surface area contributed by atoms with Crippen molar-refractivity contribution in [1.82, 2.24) is 14.8 Å². The van der Waals surface area contributed by atoms with Gasteiger partial charge in [0.05, 0.1) is 22.3 Å². The fourth-order valence-corrected chi connectivity index (χ4v) is 4.53. The molecule has 2 aromatic heterocycles. The Morgan fingerprint density at radius 3 is 2.05 bits per heavy atom. The second-order valence-electron chi connectivity index (χ2n) is 9.12. The monoisotopic (exact) mass is 539 g/mol. The molecule has 6 rings (SSSR count). The number of ether oxygens (including phenoxy) is 1. The molecule has 0 radical (unpaired) electrons. The summed E-state index contributed by atoms with van der Waals surface area (Å²) >= 11 is 0. The summed E-state index contributed by atoms with van der Waals surface area (Å²) in [5.41, 5.74) is 1.61. The number of hydrogen-bond acceptors (Lipinski definition) is 3. The second kappa shape index (κ2) is 10.3. The molecule has 0 aliphatic carbocycles. The molecule has 4 aromatic carbocycles. The summed E-state index contributed by atoms with van der Waals surface area (Å²) < 4.78 is 64.7. The van der Waals surface area contributed by atoms with Crippen LogP contribution >= 0.6 is 0 Å². The van der Waals surface area contributed by atoms with E-state index in [4.69, 9.17) is 4.74 Å². The molecule has 6 aromatic rings. The molecule has 0 fully saturated rings. The Kier molecular flexibility index (Phi) is 6.51. The van der Waals surface area contributed by atoms with Crippen LogP contribution in [0.5, 0.6) is 5.75 Å². The molecule has 0 aliphatic rings. The zero-order chi connectivity index (χ0) is 27.7. The zero-order valence-electron chi connectivity index (χ0n) is 20.9. The van der Waals surface area contributed by atoms with Crippen LogP contribution in [0.25, 0.3) is 39.2 Å². The normalized spacial score (nSPS) is 11.6. The van der Waals surface area contributed by atoms with Crippen LogP contribution in [0.2, 0.25) is 0 Å². The van der Waals surface area contributed by atoms with Gasteiger partial charge in [0.1, 0.15) is 23.9 Å². The maximum Gasteiger partial charge on any atom is 0.417 e. The van der Waals surface area contributed by atoms with Crippen LogP contribution < -0.4 is 4.74 Å². The lowest BCUT2D eigenvalue weighted by Gasteiger charge is -2.13. The molecule has 0 bridgehead atoms. The molecule has 0 saturated heterocycles. The highest BCUT2D eigenvalue weighted by Gasteiger charge is 2.36. The van der Waals surface area contributed by atoms with Crippen molar-refractivity contribution in [1.29, 1.82) is 0 Å². The molecule has 8 heteroatoms. The first-order chi connectivity index (χ1) is 19.4. The van der Waals surface area contributed by atoms with Crippen molar-refractivity contribution in [3.63, 3.8) is 0 Å². The van der Waals surface area contributed by atoms with Crippen LogP contribution in [-0.2, 0) is 12.8 Å². The fraction of sp³-hybridized carbons (Fsp3) is 0.0625. The number of hydrogen-bond donors (Lipinski definition) is 0. The Bertz CT molecular complexity index is 1780. The van der Waals surface area contributed by atoms with Gasteiger partial charge in [0.2, 0.25) is 0 Å². The van der Waals surface area contributed by atoms with Crippen molar-refractivity contribution in [2.75, 3.05) is 0 Å². The van der Waals surface area contributed by atoms with E-state index in [1.807, 2.05) is 6.07 Å². The minimum Gasteiger partial charge on any atom is -0.489 e. The standard InChI is InChI=1S/C32H21F4N3O/c33-27-14-8-7-11-23(27)20-40-25-17-15-21(16-18-25)28-19-26(32(34,35)36)29-30(22-9-3-1-4-10-22)38-39(31(29)37-28)24-12-5-2-6-13-24/h1-19H,20H2. The van der Waals surface area contributed by atoms with Gasteiger partial charge < -0.3 is 4.74 Å². The summed E-state index contributed by atoms with van der Waals surface area (Å²) in [5, 5.41) is 4.54. The predicted octanol–water partition coefficient (Wildman–Crippen LogP) is 8.49. The summed E-state index contributed by atoms with van der Waals surface area (Å²) in [4.78, 5) is 4.69. The number of fused-ring (bicyclic) bond motifs is 1. The Morgan fingerprint density at radius 2 is 1.38 bits per heavy atom. The van der Waals surface area contributed by atoms with Gasteiger partial charge in [-0.25, -0.2) is 14.1 Å². The molecule has 198 valence electrons. The Labute approximate surface area is 227 Å². The first-order valence-electron chi connectivity index (χ1n) is 12.5. The van der Waals surface area contributed by atoms with E-state index in [0.717, 1.165) is 6.07 Å². The van der Waals surface area contributed by atoms with Crippen molar-refractivity contribution in [2.24, 2.45) is 0 Å². The largest absolute Gasteiger partial charge is 0.489 e. The lowest BCUT2D eigenvalue weighted by molar-refractivity contribution is -0.136. The minimum absolute atomic E-state index is 0.0208. The van der Waals surface area contributed by atoms with E-state index < -0.39 is 11.7 Å². The number of para-hydroxylation sites is 1. The molecule has 0 unspecified atom stereocenters. The Morgan fingerprint density at radius 1 is 0.725 bits per heavy atom. The van der Waals surface area contributed by atoms with Crippen LogP contribution in [0.15, 0.2) is 115 Å². The molecule has 2 heterocycles. The zero-order valence-corrected chi connectivity index (χ0v) is 20.9. The number of alkyl halides is 3. The van der Waals surface area contributed by atoms with E-state index in [-0.39, 0.29) is 34.8 Å². The van der Waals surface area contributed by atoms with Gasteiger partial charge in [-0.2, -0.15) is 18.3 Å². The summed E-state index contributed by atoms with van der Waals surface area (Å²) in [6.07, 6.45) is -4.66. The number of halogens is 4. The maximum atomic E-state index is 14.6. The SMILES string of the molecule is Fc1ccccc1COc1ccc(-c2cc(C(F)(F)F)c3c(-c4ccccc4)nn(-c4ccccc4)c3n2)cc1. The van der Waals surface area contributed by atoms with Gasteiger partial charge in [-0.05, 0) is 48.5 Å². The van der Waals surface area contributed by atoms with Crippen LogP contribution in [0.3, 0.4) is 0 Å². The number of nitrogens with zero attached hydrogens (tertiary/aromatic N) is 3. The molecule has 4 nitrogen and oxygen atoms in total. The van der Waals surface area contributed by atoms with E-state index in [1.165, 1.54) is 10.7 Å². The fourth-order valence-electron chi connectivity index (χ4n) is 4.53. The smallest absolute Gasteiger partial charge is 0.417 e. The van der Waals surface area contributed by atoms with Gasteiger partial charge >= 0.3 is 6.18 Å². The van der Waals surface area contributed by atoms with Crippen molar-refractivity contribution >= 4 is 11.0 Å². The lowest BCUT2D eigenvalue weighted by atomic mass is 10.0. The Balaban J connectivity index is 1.47. The van der Waals surface area contributed by atoms with Gasteiger partial charge in [-0.15, -0.1) is 0 Å². The van der Waals surface area contributed by atoms with Crippen LogP contribution in [0.1, 0.15) is 11.1 Å². The topological polar surface area (TPSA) is 39.9 Å². The van der Waals surface area contributed by atoms with Crippen LogP contribution in [-0.4, -0.2) is 14.8 Å². The summed E-state index contributed by atoms with van der Waals surface area (Å²) in [6.45, 7) is 0.0208. The molecule has 0 saturated carbocycles. The van der Waals surface area contributed by atoms with Crippen LogP contribution in [0.4, 0.5) is 17.6 Å². The third-order valence-electron chi connectivity index (χ3n) is 6.49. The molecule has 0 atom stereocenters. The van der Waals surface area contributed by atoms with Crippen molar-refractivity contribution in [3.8, 4) is 34.0 Å².